The monoisotopic (exact) mass is 479 g/mol. The summed E-state index contributed by atoms with van der Waals surface area (Å²) in [5.74, 6) is -1.10. The average molecular weight is 480 g/mol. The largest absolute Gasteiger partial charge is 0.481 e. The van der Waals surface area contributed by atoms with Crippen LogP contribution in [-0.4, -0.2) is 49.9 Å². The molecule has 2 aromatic rings. The van der Waals surface area contributed by atoms with Gasteiger partial charge in [0.05, 0.1) is 24.7 Å². The molecule has 6 nitrogen and oxygen atoms in total. The van der Waals surface area contributed by atoms with Gasteiger partial charge in [0, 0.05) is 36.0 Å². The van der Waals surface area contributed by atoms with Crippen LogP contribution in [0.4, 0.5) is 4.39 Å². The molecular formula is C23H27ClFN3O3S. The number of aromatic nitrogens is 2. The average Bonchev–Trinajstić information content (AvgIpc) is 3.50. The number of likely N-dealkylation sites (tertiary alicyclic amines) is 1. The smallest absolute Gasteiger partial charge is 0.305 e. The van der Waals surface area contributed by atoms with E-state index in [-0.39, 0.29) is 41.6 Å². The molecule has 2 atom stereocenters. The van der Waals surface area contributed by atoms with E-state index in [0.29, 0.717) is 25.2 Å². The fourth-order valence-corrected chi connectivity index (χ4v) is 4.32. The van der Waals surface area contributed by atoms with Gasteiger partial charge in [-0.05, 0) is 43.0 Å². The Bertz CT molecular complexity index is 1010. The molecule has 0 radical (unpaired) electrons. The highest BCUT2D eigenvalue weighted by Crippen LogP contribution is 2.39. The number of carboxylic acids is 1. The molecule has 172 valence electrons. The van der Waals surface area contributed by atoms with Crippen LogP contribution in [0.15, 0.2) is 42.1 Å². The van der Waals surface area contributed by atoms with E-state index < -0.39 is 12.0 Å². The zero-order valence-electron chi connectivity index (χ0n) is 17.6. The van der Waals surface area contributed by atoms with Crippen LogP contribution < -0.4 is 0 Å². The van der Waals surface area contributed by atoms with Crippen LogP contribution in [0.25, 0.3) is 6.08 Å². The molecule has 1 aromatic carbocycles. The molecule has 0 spiro atoms. The fraction of sp³-hybridized carbons (Fsp3) is 0.435. The minimum atomic E-state index is -0.867. The minimum absolute atomic E-state index is 0. The maximum Gasteiger partial charge on any atom is 0.305 e. The van der Waals surface area contributed by atoms with Gasteiger partial charge in [-0.2, -0.15) is 17.7 Å². The van der Waals surface area contributed by atoms with Gasteiger partial charge < -0.3 is 5.11 Å². The van der Waals surface area contributed by atoms with Crippen molar-refractivity contribution in [2.45, 2.75) is 43.5 Å². The van der Waals surface area contributed by atoms with Crippen LogP contribution >= 0.6 is 25.0 Å². The quantitative estimate of drug-likeness (QED) is 0.559. The molecule has 2 heterocycles. The lowest BCUT2D eigenvalue weighted by atomic mass is 9.93. The standard InChI is InChI=1S/C23H26FN3O3S.ClH/c24-19-4-2-1-3-18(19)22(23(30)15-5-6-15)26-10-8-20(31)16(14-26)13-17-7-11-27(25-17)12-9-21(28)29;/h1-4,7,11,13,15,20,22,31H,5-6,8-10,12,14H2,(H,28,29);1H/b16-13-;. The van der Waals surface area contributed by atoms with Crippen molar-refractivity contribution in [3.05, 3.63) is 59.2 Å². The first kappa shape index (κ1) is 24.5. The second-order valence-electron chi connectivity index (χ2n) is 8.24. The number of aliphatic carboxylic acids is 1. The van der Waals surface area contributed by atoms with Gasteiger partial charge in [0.25, 0.3) is 0 Å². The highest BCUT2D eigenvalue weighted by Gasteiger charge is 2.40. The summed E-state index contributed by atoms with van der Waals surface area (Å²) in [7, 11) is 0. The van der Waals surface area contributed by atoms with Crippen molar-refractivity contribution in [1.29, 1.82) is 0 Å². The summed E-state index contributed by atoms with van der Waals surface area (Å²) in [5.41, 5.74) is 2.18. The number of rotatable bonds is 8. The van der Waals surface area contributed by atoms with E-state index in [0.717, 1.165) is 30.5 Å². The maximum absolute atomic E-state index is 14.6. The molecule has 0 amide bonds. The molecule has 0 bridgehead atoms. The fourth-order valence-electron chi connectivity index (χ4n) is 4.05. The molecule has 2 aliphatic rings. The lowest BCUT2D eigenvalue weighted by molar-refractivity contribution is -0.137. The van der Waals surface area contributed by atoms with Crippen molar-refractivity contribution in [2.75, 3.05) is 13.1 Å². The number of carbonyl (C=O) groups excluding carboxylic acids is 1. The number of carboxylic acid groups (broad SMARTS) is 1. The third kappa shape index (κ3) is 5.79. The number of hydrogen-bond donors (Lipinski definition) is 2. The first-order valence-electron chi connectivity index (χ1n) is 10.6. The Morgan fingerprint density at radius 1 is 1.25 bits per heavy atom. The normalized spacial score (nSPS) is 21.2. The summed E-state index contributed by atoms with van der Waals surface area (Å²) >= 11 is 4.72. The van der Waals surface area contributed by atoms with Gasteiger partial charge in [0.2, 0.25) is 0 Å². The Balaban J connectivity index is 0.00000289. The number of nitrogens with zero attached hydrogens (tertiary/aromatic N) is 3. The third-order valence-electron chi connectivity index (χ3n) is 5.87. The van der Waals surface area contributed by atoms with Gasteiger partial charge in [0.15, 0.2) is 5.78 Å². The van der Waals surface area contributed by atoms with E-state index in [9.17, 15) is 14.0 Å². The summed E-state index contributed by atoms with van der Waals surface area (Å²) < 4.78 is 16.2. The van der Waals surface area contributed by atoms with Gasteiger partial charge >= 0.3 is 5.97 Å². The SMILES string of the molecule is Cl.O=C(O)CCn1ccc(/C=C2/CN(C(C(=O)C3CC3)c3ccccc3F)CCC2S)n1. The van der Waals surface area contributed by atoms with Gasteiger partial charge in [-0.3, -0.25) is 19.2 Å². The first-order valence-corrected chi connectivity index (χ1v) is 11.1. The van der Waals surface area contributed by atoms with Crippen molar-refractivity contribution in [1.82, 2.24) is 14.7 Å². The topological polar surface area (TPSA) is 75.4 Å². The van der Waals surface area contributed by atoms with E-state index in [2.05, 4.69) is 10.00 Å². The molecule has 4 rings (SSSR count). The van der Waals surface area contributed by atoms with Crippen LogP contribution in [0.1, 0.15) is 43.0 Å². The Morgan fingerprint density at radius 2 is 2.00 bits per heavy atom. The number of ketones is 1. The molecular weight excluding hydrogens is 453 g/mol. The highest BCUT2D eigenvalue weighted by molar-refractivity contribution is 7.81. The van der Waals surface area contributed by atoms with E-state index in [1.165, 1.54) is 6.07 Å². The molecule has 1 saturated carbocycles. The summed E-state index contributed by atoms with van der Waals surface area (Å²) in [6.07, 6.45) is 6.21. The van der Waals surface area contributed by atoms with E-state index in [1.54, 1.807) is 29.1 Å². The molecule has 9 heteroatoms. The first-order chi connectivity index (χ1) is 14.9. The second kappa shape index (κ2) is 10.6. The van der Waals surface area contributed by atoms with Crippen molar-refractivity contribution >= 4 is 42.9 Å². The zero-order chi connectivity index (χ0) is 22.0. The second-order valence-corrected chi connectivity index (χ2v) is 8.87. The molecule has 1 N–H and O–H groups in total. The summed E-state index contributed by atoms with van der Waals surface area (Å²) in [6, 6.07) is 7.78. The van der Waals surface area contributed by atoms with E-state index >= 15 is 0 Å². The minimum Gasteiger partial charge on any atom is -0.481 e. The molecule has 2 unspecified atom stereocenters. The molecule has 1 saturated heterocycles. The highest BCUT2D eigenvalue weighted by atomic mass is 35.5. The van der Waals surface area contributed by atoms with Crippen molar-refractivity contribution in [3.8, 4) is 0 Å². The van der Waals surface area contributed by atoms with Crippen LogP contribution in [0.3, 0.4) is 0 Å². The van der Waals surface area contributed by atoms with Crippen molar-refractivity contribution in [3.63, 3.8) is 0 Å². The molecule has 32 heavy (non-hydrogen) atoms. The lowest BCUT2D eigenvalue weighted by Gasteiger charge is -2.37. The molecule has 1 aliphatic carbocycles. The van der Waals surface area contributed by atoms with Gasteiger partial charge in [-0.1, -0.05) is 18.2 Å². The molecule has 2 fully saturated rings. The van der Waals surface area contributed by atoms with Crippen molar-refractivity contribution < 1.29 is 19.1 Å². The number of Topliss-reactive ketones (excluding diaryl/α,β-unsaturated/α-hetero) is 1. The lowest BCUT2D eigenvalue weighted by Crippen LogP contribution is -2.42. The number of piperidine rings is 1. The Labute approximate surface area is 198 Å². The Morgan fingerprint density at radius 3 is 2.69 bits per heavy atom. The maximum atomic E-state index is 14.6. The van der Waals surface area contributed by atoms with Crippen molar-refractivity contribution in [2.24, 2.45) is 5.92 Å². The molecule has 1 aliphatic heterocycles. The predicted octanol–water partition coefficient (Wildman–Crippen LogP) is 4.03. The Kier molecular flexibility index (Phi) is 8.14. The van der Waals surface area contributed by atoms with Crippen LogP contribution in [0.2, 0.25) is 0 Å². The van der Waals surface area contributed by atoms with Gasteiger partial charge in [0.1, 0.15) is 5.82 Å². The van der Waals surface area contributed by atoms with E-state index in [4.69, 9.17) is 17.7 Å². The van der Waals surface area contributed by atoms with Crippen LogP contribution in [0, 0.1) is 11.7 Å². The summed E-state index contributed by atoms with van der Waals surface area (Å²) in [5, 5.41) is 13.3. The number of aryl methyl sites for hydroxylation is 1. The van der Waals surface area contributed by atoms with E-state index in [1.807, 2.05) is 12.1 Å². The van der Waals surface area contributed by atoms with Gasteiger partial charge in [-0.15, -0.1) is 12.4 Å². The summed E-state index contributed by atoms with van der Waals surface area (Å²) in [6.45, 7) is 1.48. The molecule has 1 aromatic heterocycles. The number of thiol groups is 1. The summed E-state index contributed by atoms with van der Waals surface area (Å²) in [4.78, 5) is 25.9. The zero-order valence-corrected chi connectivity index (χ0v) is 19.3. The predicted molar refractivity (Wildman–Crippen MR) is 126 cm³/mol. The van der Waals surface area contributed by atoms with Gasteiger partial charge in [-0.25, -0.2) is 4.39 Å². The van der Waals surface area contributed by atoms with Crippen LogP contribution in [0.5, 0.6) is 0 Å². The number of halogens is 2. The van der Waals surface area contributed by atoms with Crippen LogP contribution in [-0.2, 0) is 16.1 Å². The number of benzene rings is 1. The number of hydrogen-bond acceptors (Lipinski definition) is 5. The number of carbonyl (C=O) groups is 2. The Hall–Kier alpha value is -2.16. The third-order valence-corrected chi connectivity index (χ3v) is 6.46.